The lowest BCUT2D eigenvalue weighted by atomic mass is 10.1. The number of fused-ring (bicyclic) bond motifs is 1. The van der Waals surface area contributed by atoms with E-state index in [0.29, 0.717) is 22.3 Å². The fourth-order valence-corrected chi connectivity index (χ4v) is 1.46. The molecule has 5 heteroatoms. The molecule has 1 aromatic heterocycles. The van der Waals surface area contributed by atoms with E-state index in [1.165, 1.54) is 19.4 Å². The van der Waals surface area contributed by atoms with Crippen molar-refractivity contribution in [1.29, 1.82) is 0 Å². The van der Waals surface area contributed by atoms with Crippen molar-refractivity contribution >= 4 is 17.2 Å². The maximum Gasteiger partial charge on any atom is 0.336 e. The average Bonchev–Trinajstić information content (AvgIpc) is 2.28. The fraction of sp³-hybridized carbons (Fsp3) is 0.0909. The molecule has 1 aromatic carbocycles. The molecule has 2 aromatic rings. The number of nitrogens with zero attached hydrogens (tertiary/aromatic N) is 1. The van der Waals surface area contributed by atoms with Crippen molar-refractivity contribution < 1.29 is 14.4 Å². The molecule has 1 heterocycles. The second-order valence-corrected chi connectivity index (χ2v) is 3.13. The van der Waals surface area contributed by atoms with Crippen molar-refractivity contribution in [1.82, 2.24) is 0 Å². The first kappa shape index (κ1) is 10.2. The molecule has 0 aliphatic heterocycles. The van der Waals surface area contributed by atoms with Crippen molar-refractivity contribution in [2.45, 2.75) is 0 Å². The van der Waals surface area contributed by atoms with E-state index in [9.17, 15) is 4.79 Å². The lowest BCUT2D eigenvalue weighted by molar-refractivity contribution is 0.322. The predicted octanol–water partition coefficient (Wildman–Crippen LogP) is 1.61. The quantitative estimate of drug-likeness (QED) is 0.360. The highest BCUT2D eigenvalue weighted by molar-refractivity contribution is 5.97. The van der Waals surface area contributed by atoms with Gasteiger partial charge in [0.2, 0.25) is 0 Å². The van der Waals surface area contributed by atoms with Crippen LogP contribution in [0.25, 0.3) is 11.0 Å². The second-order valence-electron chi connectivity index (χ2n) is 3.13. The fourth-order valence-electron chi connectivity index (χ4n) is 1.46. The first-order chi connectivity index (χ1) is 7.74. The maximum atomic E-state index is 11.2. The summed E-state index contributed by atoms with van der Waals surface area (Å²) in [5.74, 6) is 0.591. The Bertz CT molecular complexity index is 600. The van der Waals surface area contributed by atoms with Crippen LogP contribution < -0.4 is 10.4 Å². The first-order valence-electron chi connectivity index (χ1n) is 4.54. The van der Waals surface area contributed by atoms with Gasteiger partial charge in [0.1, 0.15) is 11.3 Å². The largest absolute Gasteiger partial charge is 0.497 e. The van der Waals surface area contributed by atoms with Gasteiger partial charge in [-0.25, -0.2) is 4.79 Å². The molecule has 82 valence electrons. The molecular weight excluding hydrogens is 210 g/mol. The van der Waals surface area contributed by atoms with Crippen LogP contribution in [0.1, 0.15) is 5.56 Å². The van der Waals surface area contributed by atoms with Crippen LogP contribution in [0.4, 0.5) is 0 Å². The minimum atomic E-state index is -0.504. The Hall–Kier alpha value is -2.30. The van der Waals surface area contributed by atoms with Gasteiger partial charge in [-0.2, -0.15) is 0 Å². The van der Waals surface area contributed by atoms with Crippen LogP contribution in [0.2, 0.25) is 0 Å². The standard InChI is InChI=1S/C11H9NO4/c1-15-8-2-3-9-7(6-12-14)4-11(13)16-10(9)5-8/h2-6,14H,1H3/b12-6-. The summed E-state index contributed by atoms with van der Waals surface area (Å²) in [4.78, 5) is 11.2. The predicted molar refractivity (Wildman–Crippen MR) is 58.4 cm³/mol. The molecule has 1 N–H and O–H groups in total. The zero-order chi connectivity index (χ0) is 11.5. The number of methoxy groups -OCH3 is 1. The van der Waals surface area contributed by atoms with Crippen LogP contribution in [-0.2, 0) is 0 Å². The van der Waals surface area contributed by atoms with E-state index in [2.05, 4.69) is 5.16 Å². The topological polar surface area (TPSA) is 72.0 Å². The summed E-state index contributed by atoms with van der Waals surface area (Å²) < 4.78 is 10.0. The normalized spacial score (nSPS) is 11.1. The Morgan fingerprint density at radius 3 is 2.94 bits per heavy atom. The van der Waals surface area contributed by atoms with Crippen LogP contribution in [0.3, 0.4) is 0 Å². The van der Waals surface area contributed by atoms with Crippen molar-refractivity contribution in [2.24, 2.45) is 5.16 Å². The van der Waals surface area contributed by atoms with Crippen LogP contribution in [-0.4, -0.2) is 18.5 Å². The molecule has 0 unspecified atom stereocenters. The molecule has 0 atom stereocenters. The Morgan fingerprint density at radius 1 is 1.44 bits per heavy atom. The van der Waals surface area contributed by atoms with Gasteiger partial charge in [0.05, 0.1) is 13.3 Å². The highest BCUT2D eigenvalue weighted by atomic mass is 16.5. The number of rotatable bonds is 2. The van der Waals surface area contributed by atoms with Gasteiger partial charge in [0.25, 0.3) is 0 Å². The maximum absolute atomic E-state index is 11.2. The lowest BCUT2D eigenvalue weighted by Gasteiger charge is -2.02. The van der Waals surface area contributed by atoms with Gasteiger partial charge in [0, 0.05) is 23.1 Å². The summed E-state index contributed by atoms with van der Waals surface area (Å²) in [6.07, 6.45) is 1.19. The van der Waals surface area contributed by atoms with E-state index < -0.39 is 5.63 Å². The van der Waals surface area contributed by atoms with Gasteiger partial charge in [-0.3, -0.25) is 0 Å². The molecular formula is C11H9NO4. The SMILES string of the molecule is COc1ccc2c(/C=N\O)cc(=O)oc2c1. The zero-order valence-electron chi connectivity index (χ0n) is 8.51. The van der Waals surface area contributed by atoms with E-state index >= 15 is 0 Å². The summed E-state index contributed by atoms with van der Waals surface area (Å²) in [6.45, 7) is 0. The Balaban J connectivity index is 2.78. The highest BCUT2D eigenvalue weighted by Gasteiger charge is 2.05. The molecule has 2 rings (SSSR count). The first-order valence-corrected chi connectivity index (χ1v) is 4.54. The summed E-state index contributed by atoms with van der Waals surface area (Å²) in [6, 6.07) is 6.32. The van der Waals surface area contributed by atoms with Crippen LogP contribution in [0, 0.1) is 0 Å². The van der Waals surface area contributed by atoms with Crippen molar-refractivity contribution in [3.63, 3.8) is 0 Å². The highest BCUT2D eigenvalue weighted by Crippen LogP contribution is 2.21. The third-order valence-electron chi connectivity index (χ3n) is 2.18. The van der Waals surface area contributed by atoms with Gasteiger partial charge in [-0.05, 0) is 12.1 Å². The van der Waals surface area contributed by atoms with Crippen LogP contribution in [0.5, 0.6) is 5.75 Å². The van der Waals surface area contributed by atoms with Gasteiger partial charge < -0.3 is 14.4 Å². The molecule has 0 bridgehead atoms. The Labute approximate surface area is 90.6 Å². The van der Waals surface area contributed by atoms with Gasteiger partial charge in [0.15, 0.2) is 0 Å². The van der Waals surface area contributed by atoms with E-state index in [1.807, 2.05) is 0 Å². The third-order valence-corrected chi connectivity index (χ3v) is 2.18. The molecule has 0 radical (unpaired) electrons. The molecule has 0 saturated heterocycles. The molecule has 0 aliphatic carbocycles. The molecule has 16 heavy (non-hydrogen) atoms. The zero-order valence-corrected chi connectivity index (χ0v) is 8.51. The number of hydrogen-bond acceptors (Lipinski definition) is 5. The summed E-state index contributed by atoms with van der Waals surface area (Å²) in [5.41, 5.74) is 0.383. The summed E-state index contributed by atoms with van der Waals surface area (Å²) in [5, 5.41) is 12.1. The minimum Gasteiger partial charge on any atom is -0.497 e. The van der Waals surface area contributed by atoms with Gasteiger partial charge >= 0.3 is 5.63 Å². The second kappa shape index (κ2) is 4.06. The third kappa shape index (κ3) is 1.75. The average molecular weight is 219 g/mol. The van der Waals surface area contributed by atoms with E-state index in [-0.39, 0.29) is 0 Å². The van der Waals surface area contributed by atoms with Crippen molar-refractivity contribution in [3.8, 4) is 5.75 Å². The van der Waals surface area contributed by atoms with Crippen molar-refractivity contribution in [3.05, 3.63) is 40.2 Å². The van der Waals surface area contributed by atoms with E-state index in [4.69, 9.17) is 14.4 Å². The molecule has 5 nitrogen and oxygen atoms in total. The summed E-state index contributed by atoms with van der Waals surface area (Å²) in [7, 11) is 1.53. The van der Waals surface area contributed by atoms with Gasteiger partial charge in [-0.15, -0.1) is 0 Å². The number of hydrogen-bond donors (Lipinski definition) is 1. The Kier molecular flexibility index (Phi) is 2.59. The van der Waals surface area contributed by atoms with Crippen LogP contribution in [0.15, 0.2) is 38.6 Å². The molecule has 0 saturated carbocycles. The number of ether oxygens (including phenoxy) is 1. The van der Waals surface area contributed by atoms with E-state index in [1.54, 1.807) is 18.2 Å². The Morgan fingerprint density at radius 2 is 2.25 bits per heavy atom. The smallest absolute Gasteiger partial charge is 0.336 e. The molecule has 0 fully saturated rings. The lowest BCUT2D eigenvalue weighted by Crippen LogP contribution is -2.00. The number of oxime groups is 1. The molecule has 0 amide bonds. The molecule has 0 spiro atoms. The van der Waals surface area contributed by atoms with Crippen molar-refractivity contribution in [2.75, 3.05) is 7.11 Å². The van der Waals surface area contributed by atoms with E-state index in [0.717, 1.165) is 0 Å². The monoisotopic (exact) mass is 219 g/mol. The number of benzene rings is 1. The van der Waals surface area contributed by atoms with Gasteiger partial charge in [-0.1, -0.05) is 5.16 Å². The minimum absolute atomic E-state index is 0.391. The van der Waals surface area contributed by atoms with Crippen LogP contribution >= 0.6 is 0 Å². The molecule has 0 aliphatic rings. The summed E-state index contributed by atoms with van der Waals surface area (Å²) >= 11 is 0.